The van der Waals surface area contributed by atoms with E-state index in [1.54, 1.807) is 0 Å². The van der Waals surface area contributed by atoms with Crippen LogP contribution in [0.25, 0.3) is 0 Å². The van der Waals surface area contributed by atoms with Crippen molar-refractivity contribution in [3.05, 3.63) is 28.9 Å². The molecule has 1 fully saturated rings. The van der Waals surface area contributed by atoms with Crippen LogP contribution in [0.2, 0.25) is 0 Å². The second kappa shape index (κ2) is 5.79. The Kier molecular flexibility index (Phi) is 3.63. The van der Waals surface area contributed by atoms with Gasteiger partial charge in [-0.15, -0.1) is 0 Å². The summed E-state index contributed by atoms with van der Waals surface area (Å²) >= 11 is 0. The lowest BCUT2D eigenvalue weighted by Gasteiger charge is -2.31. The summed E-state index contributed by atoms with van der Waals surface area (Å²) in [5.41, 5.74) is 2.87. The van der Waals surface area contributed by atoms with Crippen LogP contribution in [0.5, 0.6) is 0 Å². The molecule has 1 N–H and O–H groups in total. The third-order valence-corrected chi connectivity index (χ3v) is 5.11. The second-order valence-corrected chi connectivity index (χ2v) is 6.74. The van der Waals surface area contributed by atoms with Crippen molar-refractivity contribution >= 4 is 5.91 Å². The molecule has 23 heavy (non-hydrogen) atoms. The summed E-state index contributed by atoms with van der Waals surface area (Å²) in [5.74, 6) is 2.10. The van der Waals surface area contributed by atoms with E-state index >= 15 is 0 Å². The molecule has 7 nitrogen and oxygen atoms in total. The zero-order valence-electron chi connectivity index (χ0n) is 13.3. The molecular weight excluding hydrogens is 294 g/mol. The number of nitrogens with one attached hydrogen (secondary N) is 1. The molecule has 0 spiro atoms. The SMILES string of the molecule is CC1CCc2noc(C3CCN(C(=O)c4cn[nH]n4)CC3)c2C1. The molecule has 2 aliphatic rings. The van der Waals surface area contributed by atoms with Crippen molar-refractivity contribution in [1.29, 1.82) is 0 Å². The fourth-order valence-corrected chi connectivity index (χ4v) is 3.74. The highest BCUT2D eigenvalue weighted by molar-refractivity contribution is 5.91. The molecule has 1 saturated heterocycles. The molecule has 0 saturated carbocycles. The van der Waals surface area contributed by atoms with E-state index in [1.807, 2.05) is 4.90 Å². The number of fused-ring (bicyclic) bond motifs is 1. The van der Waals surface area contributed by atoms with E-state index in [0.29, 0.717) is 17.5 Å². The van der Waals surface area contributed by atoms with Gasteiger partial charge < -0.3 is 9.42 Å². The highest BCUT2D eigenvalue weighted by atomic mass is 16.5. The number of carbonyl (C=O) groups excluding carboxylic acids is 1. The van der Waals surface area contributed by atoms with Crippen LogP contribution in [-0.2, 0) is 12.8 Å². The van der Waals surface area contributed by atoms with Gasteiger partial charge in [-0.25, -0.2) is 0 Å². The zero-order valence-corrected chi connectivity index (χ0v) is 13.3. The van der Waals surface area contributed by atoms with Gasteiger partial charge in [0.15, 0.2) is 5.69 Å². The first-order valence-electron chi connectivity index (χ1n) is 8.34. The Morgan fingerprint density at radius 1 is 1.35 bits per heavy atom. The maximum atomic E-state index is 12.3. The van der Waals surface area contributed by atoms with E-state index in [1.165, 1.54) is 18.2 Å². The predicted molar refractivity (Wildman–Crippen MR) is 82.0 cm³/mol. The average molecular weight is 315 g/mol. The van der Waals surface area contributed by atoms with Gasteiger partial charge in [0.05, 0.1) is 11.9 Å². The third kappa shape index (κ3) is 2.64. The molecule has 1 aliphatic heterocycles. The van der Waals surface area contributed by atoms with Gasteiger partial charge in [0.1, 0.15) is 5.76 Å². The first kappa shape index (κ1) is 14.4. The molecule has 0 radical (unpaired) electrons. The van der Waals surface area contributed by atoms with Crippen LogP contribution in [0.15, 0.2) is 10.7 Å². The van der Waals surface area contributed by atoms with Crippen LogP contribution in [-0.4, -0.2) is 44.5 Å². The number of H-pyrrole nitrogens is 1. The maximum absolute atomic E-state index is 12.3. The number of rotatable bonds is 2. The van der Waals surface area contributed by atoms with Gasteiger partial charge >= 0.3 is 0 Å². The number of aromatic nitrogens is 4. The summed E-state index contributed by atoms with van der Waals surface area (Å²) in [6, 6.07) is 0. The number of aromatic amines is 1. The molecule has 1 unspecified atom stereocenters. The molecule has 3 heterocycles. The van der Waals surface area contributed by atoms with Gasteiger partial charge in [0.2, 0.25) is 0 Å². The minimum absolute atomic E-state index is 0.0505. The summed E-state index contributed by atoms with van der Waals surface area (Å²) in [7, 11) is 0. The molecule has 1 atom stereocenters. The number of hydrogen-bond acceptors (Lipinski definition) is 5. The van der Waals surface area contributed by atoms with Crippen molar-refractivity contribution in [1.82, 2.24) is 25.5 Å². The first-order valence-corrected chi connectivity index (χ1v) is 8.34. The third-order valence-electron chi connectivity index (χ3n) is 5.11. The van der Waals surface area contributed by atoms with E-state index in [-0.39, 0.29) is 5.91 Å². The van der Waals surface area contributed by atoms with Crippen molar-refractivity contribution in [3.63, 3.8) is 0 Å². The Morgan fingerprint density at radius 3 is 2.91 bits per heavy atom. The van der Waals surface area contributed by atoms with Gasteiger partial charge in [-0.2, -0.15) is 15.4 Å². The molecule has 2 aromatic rings. The zero-order chi connectivity index (χ0) is 15.8. The van der Waals surface area contributed by atoms with E-state index in [9.17, 15) is 4.79 Å². The van der Waals surface area contributed by atoms with Gasteiger partial charge in [-0.3, -0.25) is 4.79 Å². The molecule has 1 aliphatic carbocycles. The number of amides is 1. The first-order chi connectivity index (χ1) is 11.2. The lowest BCUT2D eigenvalue weighted by Crippen LogP contribution is -2.38. The molecule has 0 aromatic carbocycles. The topological polar surface area (TPSA) is 87.9 Å². The van der Waals surface area contributed by atoms with Crippen LogP contribution in [0.4, 0.5) is 0 Å². The van der Waals surface area contributed by atoms with Crippen LogP contribution < -0.4 is 0 Å². The smallest absolute Gasteiger partial charge is 0.276 e. The van der Waals surface area contributed by atoms with Gasteiger partial charge in [-0.1, -0.05) is 12.1 Å². The summed E-state index contributed by atoms with van der Waals surface area (Å²) in [6.07, 6.45) is 6.61. The minimum Gasteiger partial charge on any atom is -0.361 e. The predicted octanol–water partition coefficient (Wildman–Crippen LogP) is 1.94. The van der Waals surface area contributed by atoms with Crippen molar-refractivity contribution < 1.29 is 9.32 Å². The highest BCUT2D eigenvalue weighted by Gasteiger charge is 2.32. The Bertz CT molecular complexity index is 685. The second-order valence-electron chi connectivity index (χ2n) is 6.74. The quantitative estimate of drug-likeness (QED) is 0.915. The van der Waals surface area contributed by atoms with Gasteiger partial charge in [0.25, 0.3) is 5.91 Å². The van der Waals surface area contributed by atoms with Crippen LogP contribution >= 0.6 is 0 Å². The normalized spacial score (nSPS) is 22.1. The van der Waals surface area contributed by atoms with Gasteiger partial charge in [-0.05, 0) is 38.0 Å². The van der Waals surface area contributed by atoms with Gasteiger partial charge in [0, 0.05) is 24.6 Å². The number of piperidine rings is 1. The summed E-state index contributed by atoms with van der Waals surface area (Å²) < 4.78 is 5.69. The molecule has 0 bridgehead atoms. The van der Waals surface area contributed by atoms with E-state index < -0.39 is 0 Å². The fourth-order valence-electron chi connectivity index (χ4n) is 3.74. The Labute approximate surface area is 134 Å². The maximum Gasteiger partial charge on any atom is 0.276 e. The number of carbonyl (C=O) groups is 1. The highest BCUT2D eigenvalue weighted by Crippen LogP contribution is 2.36. The molecule has 7 heteroatoms. The van der Waals surface area contributed by atoms with Crippen LogP contribution in [0.3, 0.4) is 0 Å². The van der Waals surface area contributed by atoms with E-state index in [0.717, 1.165) is 50.2 Å². The van der Waals surface area contributed by atoms with Crippen molar-refractivity contribution in [2.75, 3.05) is 13.1 Å². The minimum atomic E-state index is -0.0505. The molecule has 1 amide bonds. The number of nitrogens with zero attached hydrogens (tertiary/aromatic N) is 4. The molecule has 122 valence electrons. The Morgan fingerprint density at radius 2 is 2.17 bits per heavy atom. The van der Waals surface area contributed by atoms with Crippen molar-refractivity contribution in [3.8, 4) is 0 Å². The molecule has 4 rings (SSSR count). The monoisotopic (exact) mass is 315 g/mol. The summed E-state index contributed by atoms with van der Waals surface area (Å²) in [6.45, 7) is 3.74. The molecule has 2 aromatic heterocycles. The summed E-state index contributed by atoms with van der Waals surface area (Å²) in [5, 5.41) is 14.3. The Hall–Kier alpha value is -2.18. The largest absolute Gasteiger partial charge is 0.361 e. The Balaban J connectivity index is 1.44. The van der Waals surface area contributed by atoms with Crippen molar-refractivity contribution in [2.24, 2.45) is 5.92 Å². The average Bonchev–Trinajstić information content (AvgIpc) is 3.24. The van der Waals surface area contributed by atoms with Crippen molar-refractivity contribution in [2.45, 2.75) is 44.9 Å². The fraction of sp³-hybridized carbons (Fsp3) is 0.625. The standard InChI is InChI=1S/C16H21N5O2/c1-10-2-3-13-12(8-10)15(23-19-13)11-4-6-21(7-5-11)16(22)14-9-17-20-18-14/h9-11H,2-8H2,1H3,(H,17,18,20). The lowest BCUT2D eigenvalue weighted by atomic mass is 9.83. The molecular formula is C16H21N5O2. The number of likely N-dealkylation sites (tertiary alicyclic amines) is 1. The summed E-state index contributed by atoms with van der Waals surface area (Å²) in [4.78, 5) is 14.1. The van der Waals surface area contributed by atoms with E-state index in [2.05, 4.69) is 27.5 Å². The number of hydrogen-bond donors (Lipinski definition) is 1. The van der Waals surface area contributed by atoms with Crippen LogP contribution in [0.1, 0.15) is 59.6 Å². The number of aryl methyl sites for hydroxylation is 1. The van der Waals surface area contributed by atoms with E-state index in [4.69, 9.17) is 4.52 Å². The van der Waals surface area contributed by atoms with Crippen LogP contribution in [0, 0.1) is 5.92 Å². The lowest BCUT2D eigenvalue weighted by molar-refractivity contribution is 0.0699.